The van der Waals surface area contributed by atoms with E-state index in [4.69, 9.17) is 27.9 Å². The minimum atomic E-state index is -1.23. The first-order valence-corrected chi connectivity index (χ1v) is 7.45. The molecular formula is C16H11Cl2F2NO3. The molecule has 0 aromatic heterocycles. The summed E-state index contributed by atoms with van der Waals surface area (Å²) < 4.78 is 31.3. The molecule has 0 radical (unpaired) electrons. The lowest BCUT2D eigenvalue weighted by atomic mass is 10.2. The molecule has 0 aliphatic heterocycles. The molecule has 8 heteroatoms. The first-order valence-electron chi connectivity index (χ1n) is 6.70. The third-order valence-electron chi connectivity index (χ3n) is 2.99. The van der Waals surface area contributed by atoms with E-state index in [1.165, 1.54) is 25.1 Å². The van der Waals surface area contributed by atoms with Gasteiger partial charge in [0.25, 0.3) is 5.91 Å². The molecule has 1 N–H and O–H groups in total. The summed E-state index contributed by atoms with van der Waals surface area (Å²) in [7, 11) is 0. The van der Waals surface area contributed by atoms with Crippen molar-refractivity contribution in [3.05, 3.63) is 63.6 Å². The van der Waals surface area contributed by atoms with Crippen LogP contribution in [0, 0.1) is 11.6 Å². The van der Waals surface area contributed by atoms with Gasteiger partial charge < -0.3 is 10.1 Å². The molecule has 1 amide bonds. The lowest BCUT2D eigenvalue weighted by molar-refractivity contribution is -0.123. The molecule has 0 unspecified atom stereocenters. The standard InChI is InChI=1S/C16H11Cl2F2NO3/c1-8(15(22)21-14-5-3-10(19)7-13(14)20)24-16(23)11-4-2-9(17)6-12(11)18/h2-8H,1H3,(H,21,22)/t8-/m1/s1. The second-order valence-corrected chi connectivity index (χ2v) is 5.63. The highest BCUT2D eigenvalue weighted by Gasteiger charge is 2.21. The van der Waals surface area contributed by atoms with Crippen LogP contribution in [-0.2, 0) is 9.53 Å². The number of halogens is 4. The van der Waals surface area contributed by atoms with Gasteiger partial charge in [0, 0.05) is 11.1 Å². The number of esters is 1. The van der Waals surface area contributed by atoms with Crippen molar-refractivity contribution in [3.63, 3.8) is 0 Å². The maximum atomic E-state index is 13.5. The molecule has 0 spiro atoms. The summed E-state index contributed by atoms with van der Waals surface area (Å²) in [6.45, 7) is 1.30. The average molecular weight is 374 g/mol. The average Bonchev–Trinajstić information content (AvgIpc) is 2.49. The Kier molecular flexibility index (Phi) is 5.75. The van der Waals surface area contributed by atoms with Gasteiger partial charge in [-0.15, -0.1) is 0 Å². The zero-order chi connectivity index (χ0) is 17.9. The fourth-order valence-electron chi connectivity index (χ4n) is 1.76. The molecule has 0 fully saturated rings. The predicted molar refractivity (Wildman–Crippen MR) is 86.3 cm³/mol. The lowest BCUT2D eigenvalue weighted by Crippen LogP contribution is -2.30. The van der Waals surface area contributed by atoms with E-state index in [9.17, 15) is 18.4 Å². The number of ether oxygens (including phenoxy) is 1. The number of anilines is 1. The third kappa shape index (κ3) is 4.43. The van der Waals surface area contributed by atoms with Crippen molar-refractivity contribution in [2.24, 2.45) is 0 Å². The highest BCUT2D eigenvalue weighted by atomic mass is 35.5. The van der Waals surface area contributed by atoms with Crippen molar-refractivity contribution in [2.75, 3.05) is 5.32 Å². The van der Waals surface area contributed by atoms with E-state index in [0.717, 1.165) is 12.1 Å². The van der Waals surface area contributed by atoms with Crippen molar-refractivity contribution in [3.8, 4) is 0 Å². The highest BCUT2D eigenvalue weighted by Crippen LogP contribution is 2.22. The van der Waals surface area contributed by atoms with Crippen LogP contribution in [0.2, 0.25) is 10.0 Å². The Labute approximate surface area is 146 Å². The molecule has 2 rings (SSSR count). The second-order valence-electron chi connectivity index (χ2n) is 4.79. The molecule has 0 aliphatic carbocycles. The van der Waals surface area contributed by atoms with Crippen molar-refractivity contribution >= 4 is 40.8 Å². The topological polar surface area (TPSA) is 55.4 Å². The van der Waals surface area contributed by atoms with E-state index in [0.29, 0.717) is 11.1 Å². The largest absolute Gasteiger partial charge is 0.449 e. The number of nitrogens with one attached hydrogen (secondary N) is 1. The SMILES string of the molecule is C[C@@H](OC(=O)c1ccc(Cl)cc1Cl)C(=O)Nc1ccc(F)cc1F. The van der Waals surface area contributed by atoms with Crippen molar-refractivity contribution in [1.29, 1.82) is 0 Å². The molecule has 24 heavy (non-hydrogen) atoms. The van der Waals surface area contributed by atoms with Gasteiger partial charge in [-0.05, 0) is 37.3 Å². The monoisotopic (exact) mass is 373 g/mol. The first kappa shape index (κ1) is 18.2. The number of hydrogen-bond acceptors (Lipinski definition) is 3. The van der Waals surface area contributed by atoms with Gasteiger partial charge in [0.15, 0.2) is 6.10 Å². The fraction of sp³-hybridized carbons (Fsp3) is 0.125. The van der Waals surface area contributed by atoms with Crippen LogP contribution < -0.4 is 5.32 Å². The van der Waals surface area contributed by atoms with Crippen LogP contribution in [-0.4, -0.2) is 18.0 Å². The van der Waals surface area contributed by atoms with E-state index < -0.39 is 29.6 Å². The number of hydrogen-bond donors (Lipinski definition) is 1. The van der Waals surface area contributed by atoms with Gasteiger partial charge in [0.1, 0.15) is 11.6 Å². The molecule has 2 aromatic rings. The van der Waals surface area contributed by atoms with Crippen LogP contribution in [0.5, 0.6) is 0 Å². The van der Waals surface area contributed by atoms with E-state index in [1.54, 1.807) is 0 Å². The molecule has 0 aliphatic rings. The van der Waals surface area contributed by atoms with Gasteiger partial charge >= 0.3 is 5.97 Å². The Morgan fingerprint density at radius 1 is 1.12 bits per heavy atom. The van der Waals surface area contributed by atoms with Gasteiger partial charge in [-0.3, -0.25) is 4.79 Å². The summed E-state index contributed by atoms with van der Waals surface area (Å²) in [4.78, 5) is 24.0. The van der Waals surface area contributed by atoms with E-state index in [-0.39, 0.29) is 16.3 Å². The Hall–Kier alpha value is -2.18. The molecule has 1 atom stereocenters. The fourth-order valence-corrected chi connectivity index (χ4v) is 2.24. The molecule has 0 heterocycles. The Balaban J connectivity index is 2.04. The molecule has 0 saturated heterocycles. The highest BCUT2D eigenvalue weighted by molar-refractivity contribution is 6.36. The quantitative estimate of drug-likeness (QED) is 0.805. The van der Waals surface area contributed by atoms with Gasteiger partial charge in [-0.25, -0.2) is 13.6 Å². The van der Waals surface area contributed by atoms with Gasteiger partial charge in [0.05, 0.1) is 16.3 Å². The zero-order valence-electron chi connectivity index (χ0n) is 12.3. The van der Waals surface area contributed by atoms with Crippen molar-refractivity contribution in [2.45, 2.75) is 13.0 Å². The Morgan fingerprint density at radius 3 is 2.46 bits per heavy atom. The molecule has 4 nitrogen and oxygen atoms in total. The summed E-state index contributed by atoms with van der Waals surface area (Å²) in [5.74, 6) is -3.33. The van der Waals surface area contributed by atoms with Gasteiger partial charge in [-0.1, -0.05) is 23.2 Å². The molecule has 2 aromatic carbocycles. The summed E-state index contributed by atoms with van der Waals surface area (Å²) in [6, 6.07) is 6.84. The molecule has 0 bridgehead atoms. The van der Waals surface area contributed by atoms with E-state index in [2.05, 4.69) is 5.32 Å². The minimum absolute atomic E-state index is 0.0358. The van der Waals surface area contributed by atoms with Crippen LogP contribution in [0.4, 0.5) is 14.5 Å². The van der Waals surface area contributed by atoms with Crippen LogP contribution in [0.15, 0.2) is 36.4 Å². The van der Waals surface area contributed by atoms with E-state index >= 15 is 0 Å². The maximum Gasteiger partial charge on any atom is 0.340 e. The first-order chi connectivity index (χ1) is 11.3. The minimum Gasteiger partial charge on any atom is -0.449 e. The second kappa shape index (κ2) is 7.59. The number of benzene rings is 2. The van der Waals surface area contributed by atoms with E-state index in [1.807, 2.05) is 0 Å². The van der Waals surface area contributed by atoms with Crippen molar-refractivity contribution < 1.29 is 23.1 Å². The Bertz CT molecular complexity index is 799. The number of carbonyl (C=O) groups is 2. The van der Waals surface area contributed by atoms with Gasteiger partial charge in [0.2, 0.25) is 0 Å². The van der Waals surface area contributed by atoms with Crippen molar-refractivity contribution in [1.82, 2.24) is 0 Å². The molecule has 126 valence electrons. The van der Waals surface area contributed by atoms with Crippen LogP contribution in [0.3, 0.4) is 0 Å². The maximum absolute atomic E-state index is 13.5. The predicted octanol–water partition coefficient (Wildman–Crippen LogP) is 4.46. The number of amides is 1. The van der Waals surface area contributed by atoms with Crippen LogP contribution >= 0.6 is 23.2 Å². The number of rotatable bonds is 4. The summed E-state index contributed by atoms with van der Waals surface area (Å²) in [5, 5.41) is 2.62. The Morgan fingerprint density at radius 2 is 1.83 bits per heavy atom. The van der Waals surface area contributed by atoms with Gasteiger partial charge in [-0.2, -0.15) is 0 Å². The summed E-state index contributed by atoms with van der Waals surface area (Å²) >= 11 is 11.6. The van der Waals surface area contributed by atoms with Crippen LogP contribution in [0.1, 0.15) is 17.3 Å². The molecule has 0 saturated carbocycles. The normalized spacial score (nSPS) is 11.7. The zero-order valence-corrected chi connectivity index (χ0v) is 13.8. The molecular weight excluding hydrogens is 363 g/mol. The number of carbonyl (C=O) groups excluding carboxylic acids is 2. The third-order valence-corrected chi connectivity index (χ3v) is 3.54. The van der Waals surface area contributed by atoms with Crippen LogP contribution in [0.25, 0.3) is 0 Å². The lowest BCUT2D eigenvalue weighted by Gasteiger charge is -2.14. The summed E-state index contributed by atoms with van der Waals surface area (Å²) in [5.41, 5.74) is -0.192. The smallest absolute Gasteiger partial charge is 0.340 e. The summed E-state index contributed by atoms with van der Waals surface area (Å²) in [6.07, 6.45) is -1.23.